The number of rotatable bonds is 2. The fourth-order valence-electron chi connectivity index (χ4n) is 2.29. The van der Waals surface area contributed by atoms with Crippen molar-refractivity contribution in [1.82, 2.24) is 5.32 Å². The molecule has 1 fully saturated rings. The van der Waals surface area contributed by atoms with Crippen LogP contribution in [0.15, 0.2) is 57.0 Å². The summed E-state index contributed by atoms with van der Waals surface area (Å²) in [7, 11) is 0. The lowest BCUT2D eigenvalue weighted by molar-refractivity contribution is -0.122. The zero-order chi connectivity index (χ0) is 18.1. The molecule has 2 aromatic carbocycles. The van der Waals surface area contributed by atoms with E-state index in [-0.39, 0.29) is 16.4 Å². The number of carbonyl (C=O) groups is 2. The smallest absolute Gasteiger partial charge is 0.270 e. The summed E-state index contributed by atoms with van der Waals surface area (Å²) in [6, 6.07) is 11.7. The molecule has 1 aliphatic heterocycles. The van der Waals surface area contributed by atoms with E-state index in [9.17, 15) is 14.7 Å². The number of benzene rings is 2. The summed E-state index contributed by atoms with van der Waals surface area (Å²) in [6.07, 6.45) is 1.45. The molecule has 0 saturated carbocycles. The molecule has 0 bridgehead atoms. The van der Waals surface area contributed by atoms with Crippen molar-refractivity contribution in [2.24, 2.45) is 0 Å². The molecule has 0 atom stereocenters. The van der Waals surface area contributed by atoms with E-state index in [4.69, 9.17) is 12.2 Å². The number of nitrogens with zero attached hydrogens (tertiary/aromatic N) is 1. The average molecular weight is 482 g/mol. The molecule has 126 valence electrons. The van der Waals surface area contributed by atoms with E-state index in [1.807, 2.05) is 6.07 Å². The van der Waals surface area contributed by atoms with E-state index < -0.39 is 11.8 Å². The Morgan fingerprint density at radius 1 is 1.12 bits per heavy atom. The molecule has 2 N–H and O–H groups in total. The second kappa shape index (κ2) is 7.07. The zero-order valence-electron chi connectivity index (χ0n) is 12.5. The van der Waals surface area contributed by atoms with Gasteiger partial charge in [-0.15, -0.1) is 0 Å². The normalized spacial score (nSPS) is 16.3. The van der Waals surface area contributed by atoms with E-state index in [0.29, 0.717) is 15.7 Å². The molecular formula is C17H10Br2N2O3S. The average Bonchev–Trinajstić information content (AvgIpc) is 2.54. The van der Waals surface area contributed by atoms with E-state index in [1.54, 1.807) is 30.3 Å². The number of nitrogens with one attached hydrogen (secondary N) is 1. The van der Waals surface area contributed by atoms with Crippen molar-refractivity contribution in [2.75, 3.05) is 4.90 Å². The number of thiocarbonyl (C=S) groups is 1. The van der Waals surface area contributed by atoms with Crippen LogP contribution in [-0.4, -0.2) is 22.0 Å². The van der Waals surface area contributed by atoms with Crippen LogP contribution in [0.4, 0.5) is 5.69 Å². The Bertz CT molecular complexity index is 943. The van der Waals surface area contributed by atoms with E-state index in [2.05, 4.69) is 37.2 Å². The fraction of sp³-hybridized carbons (Fsp3) is 0. The van der Waals surface area contributed by atoms with Gasteiger partial charge in [0.05, 0.1) is 10.2 Å². The Balaban J connectivity index is 2.03. The van der Waals surface area contributed by atoms with Crippen LogP contribution in [0.25, 0.3) is 6.08 Å². The first-order valence-electron chi connectivity index (χ1n) is 7.02. The van der Waals surface area contributed by atoms with Crippen molar-refractivity contribution >= 4 is 72.8 Å². The summed E-state index contributed by atoms with van der Waals surface area (Å²) in [5, 5.41) is 12.1. The van der Waals surface area contributed by atoms with Gasteiger partial charge in [0.15, 0.2) is 5.11 Å². The minimum Gasteiger partial charge on any atom is -0.507 e. The Labute approximate surface area is 165 Å². The first-order chi connectivity index (χ1) is 11.9. The lowest BCUT2D eigenvalue weighted by Crippen LogP contribution is -2.54. The van der Waals surface area contributed by atoms with Gasteiger partial charge in [0, 0.05) is 4.47 Å². The molecule has 0 aromatic heterocycles. The van der Waals surface area contributed by atoms with Gasteiger partial charge in [-0.2, -0.15) is 0 Å². The largest absolute Gasteiger partial charge is 0.507 e. The molecule has 3 rings (SSSR count). The minimum absolute atomic E-state index is 0.0251. The number of carbonyl (C=O) groups excluding carboxylic acids is 2. The number of hydrogen-bond acceptors (Lipinski definition) is 4. The highest BCUT2D eigenvalue weighted by molar-refractivity contribution is 9.10. The van der Waals surface area contributed by atoms with Crippen molar-refractivity contribution in [3.8, 4) is 5.75 Å². The van der Waals surface area contributed by atoms with Gasteiger partial charge in [0.2, 0.25) is 0 Å². The molecule has 2 aromatic rings. The standard InChI is InChI=1S/C17H10Br2N2O3S/c18-10-2-1-3-11(8-10)21-16(24)12(15(23)20-17(21)25)6-9-4-5-14(22)13(19)7-9/h1-8,22H,(H,20,23,25). The van der Waals surface area contributed by atoms with Crippen LogP contribution in [0.1, 0.15) is 5.56 Å². The van der Waals surface area contributed by atoms with Gasteiger partial charge in [-0.25, -0.2) is 0 Å². The second-order valence-corrected chi connectivity index (χ2v) is 7.31. The highest BCUT2D eigenvalue weighted by Crippen LogP contribution is 2.27. The highest BCUT2D eigenvalue weighted by atomic mass is 79.9. The van der Waals surface area contributed by atoms with Gasteiger partial charge in [-0.1, -0.05) is 28.1 Å². The maximum Gasteiger partial charge on any atom is 0.270 e. The van der Waals surface area contributed by atoms with Crippen LogP contribution in [0.3, 0.4) is 0 Å². The van der Waals surface area contributed by atoms with Crippen molar-refractivity contribution in [3.05, 3.63) is 62.5 Å². The van der Waals surface area contributed by atoms with Gasteiger partial charge in [-0.05, 0) is 70.1 Å². The van der Waals surface area contributed by atoms with Crippen molar-refractivity contribution in [3.63, 3.8) is 0 Å². The van der Waals surface area contributed by atoms with Gasteiger partial charge in [-0.3, -0.25) is 19.8 Å². The molecule has 5 nitrogen and oxygen atoms in total. The molecule has 0 unspecified atom stereocenters. The molecule has 1 heterocycles. The number of anilines is 1. The van der Waals surface area contributed by atoms with Crippen molar-refractivity contribution in [2.45, 2.75) is 0 Å². The first-order valence-corrected chi connectivity index (χ1v) is 9.02. The number of amides is 2. The SMILES string of the molecule is O=C1NC(=S)N(c2cccc(Br)c2)C(=O)C1=Cc1ccc(O)c(Br)c1. The van der Waals surface area contributed by atoms with Crippen LogP contribution in [0.5, 0.6) is 5.75 Å². The maximum atomic E-state index is 12.8. The van der Waals surface area contributed by atoms with E-state index >= 15 is 0 Å². The monoisotopic (exact) mass is 480 g/mol. The minimum atomic E-state index is -0.564. The summed E-state index contributed by atoms with van der Waals surface area (Å²) in [5.41, 5.74) is 1.08. The summed E-state index contributed by atoms with van der Waals surface area (Å²) in [6.45, 7) is 0. The third-order valence-corrected chi connectivity index (χ3v) is 4.86. The first kappa shape index (κ1) is 17.8. The zero-order valence-corrected chi connectivity index (χ0v) is 16.5. The second-order valence-electron chi connectivity index (χ2n) is 5.15. The summed E-state index contributed by atoms with van der Waals surface area (Å²) in [4.78, 5) is 26.3. The quantitative estimate of drug-likeness (QED) is 0.389. The van der Waals surface area contributed by atoms with Crippen LogP contribution in [0, 0.1) is 0 Å². The summed E-state index contributed by atoms with van der Waals surface area (Å²) < 4.78 is 1.25. The molecule has 1 aliphatic rings. The van der Waals surface area contributed by atoms with Gasteiger partial charge in [0.1, 0.15) is 11.3 Å². The van der Waals surface area contributed by atoms with E-state index in [0.717, 1.165) is 4.47 Å². The number of aromatic hydroxyl groups is 1. The molecule has 8 heteroatoms. The Morgan fingerprint density at radius 2 is 1.88 bits per heavy atom. The Kier molecular flexibility index (Phi) is 5.03. The third-order valence-electron chi connectivity index (χ3n) is 3.45. The fourth-order valence-corrected chi connectivity index (χ4v) is 3.35. The lowest BCUT2D eigenvalue weighted by atomic mass is 10.1. The van der Waals surface area contributed by atoms with Gasteiger partial charge >= 0.3 is 0 Å². The number of phenolic OH excluding ortho intramolecular Hbond substituents is 1. The maximum absolute atomic E-state index is 12.8. The van der Waals surface area contributed by atoms with Gasteiger partial charge in [0.25, 0.3) is 11.8 Å². The molecule has 0 aliphatic carbocycles. The molecular weight excluding hydrogens is 472 g/mol. The Hall–Kier alpha value is -2.03. The molecule has 25 heavy (non-hydrogen) atoms. The topological polar surface area (TPSA) is 69.6 Å². The molecule has 0 spiro atoms. The van der Waals surface area contributed by atoms with Crippen LogP contribution in [0.2, 0.25) is 0 Å². The molecule has 2 amide bonds. The summed E-state index contributed by atoms with van der Waals surface area (Å²) in [5.74, 6) is -1.01. The summed E-state index contributed by atoms with van der Waals surface area (Å²) >= 11 is 11.7. The van der Waals surface area contributed by atoms with Crippen LogP contribution < -0.4 is 10.2 Å². The third kappa shape index (κ3) is 3.65. The van der Waals surface area contributed by atoms with Crippen molar-refractivity contribution in [1.29, 1.82) is 0 Å². The van der Waals surface area contributed by atoms with Crippen LogP contribution in [-0.2, 0) is 9.59 Å². The molecule has 0 radical (unpaired) electrons. The molecule has 1 saturated heterocycles. The number of hydrogen-bond donors (Lipinski definition) is 2. The van der Waals surface area contributed by atoms with Gasteiger partial charge < -0.3 is 5.11 Å². The predicted octanol–water partition coefficient (Wildman–Crippen LogP) is 3.75. The Morgan fingerprint density at radius 3 is 2.56 bits per heavy atom. The number of phenols is 1. The van der Waals surface area contributed by atoms with Crippen molar-refractivity contribution < 1.29 is 14.7 Å². The lowest BCUT2D eigenvalue weighted by Gasteiger charge is -2.29. The van der Waals surface area contributed by atoms with E-state index in [1.165, 1.54) is 17.0 Å². The highest BCUT2D eigenvalue weighted by Gasteiger charge is 2.34. The van der Waals surface area contributed by atoms with Crippen LogP contribution >= 0.6 is 44.1 Å². The predicted molar refractivity (Wildman–Crippen MR) is 106 cm³/mol. The number of halogens is 2.